The van der Waals surface area contributed by atoms with Gasteiger partial charge in [0.1, 0.15) is 0 Å². The molecular weight excluding hydrogens is 190 g/mol. The molecule has 1 saturated heterocycles. The maximum absolute atomic E-state index is 11.9. The van der Waals surface area contributed by atoms with E-state index in [0.717, 1.165) is 25.9 Å². The second-order valence-electron chi connectivity index (χ2n) is 5.18. The van der Waals surface area contributed by atoms with Crippen molar-refractivity contribution in [1.29, 1.82) is 0 Å². The summed E-state index contributed by atoms with van der Waals surface area (Å²) in [6.45, 7) is 6.35. The van der Waals surface area contributed by atoms with Gasteiger partial charge in [0.25, 0.3) is 0 Å². The molecule has 4 heteroatoms. The van der Waals surface area contributed by atoms with Crippen molar-refractivity contribution in [2.24, 2.45) is 11.7 Å². The SMILES string of the molecule is CN1CCCC(C(=O)NC(C)(C)CN)C1. The first kappa shape index (κ1) is 12.5. The molecule has 0 bridgehead atoms. The molecule has 0 saturated carbocycles. The number of carbonyl (C=O) groups excluding carboxylic acids is 1. The molecule has 0 aromatic carbocycles. The molecular formula is C11H23N3O. The van der Waals surface area contributed by atoms with E-state index >= 15 is 0 Å². The Kier molecular flexibility index (Phi) is 4.11. The van der Waals surface area contributed by atoms with Crippen LogP contribution < -0.4 is 11.1 Å². The normalized spacial score (nSPS) is 23.9. The van der Waals surface area contributed by atoms with E-state index in [-0.39, 0.29) is 17.4 Å². The zero-order chi connectivity index (χ0) is 11.5. The highest BCUT2D eigenvalue weighted by atomic mass is 16.2. The summed E-state index contributed by atoms with van der Waals surface area (Å²) in [6, 6.07) is 0. The van der Waals surface area contributed by atoms with Gasteiger partial charge in [0, 0.05) is 18.6 Å². The number of carbonyl (C=O) groups is 1. The molecule has 3 N–H and O–H groups in total. The van der Waals surface area contributed by atoms with Crippen molar-refractivity contribution < 1.29 is 4.79 Å². The van der Waals surface area contributed by atoms with Gasteiger partial charge in [-0.1, -0.05) is 0 Å². The minimum atomic E-state index is -0.285. The summed E-state index contributed by atoms with van der Waals surface area (Å²) in [7, 11) is 2.06. The number of nitrogens with one attached hydrogen (secondary N) is 1. The predicted octanol–water partition coefficient (Wildman–Crippen LogP) is 0.182. The largest absolute Gasteiger partial charge is 0.350 e. The van der Waals surface area contributed by atoms with Gasteiger partial charge >= 0.3 is 0 Å². The number of amides is 1. The molecule has 1 atom stereocenters. The average molecular weight is 213 g/mol. The minimum Gasteiger partial charge on any atom is -0.350 e. The Labute approximate surface area is 92.2 Å². The Morgan fingerprint density at radius 1 is 1.60 bits per heavy atom. The molecule has 0 radical (unpaired) electrons. The Balaban J connectivity index is 2.46. The van der Waals surface area contributed by atoms with Crippen LogP contribution in [0.1, 0.15) is 26.7 Å². The Morgan fingerprint density at radius 2 is 2.27 bits per heavy atom. The predicted molar refractivity (Wildman–Crippen MR) is 61.5 cm³/mol. The second-order valence-corrected chi connectivity index (χ2v) is 5.18. The van der Waals surface area contributed by atoms with E-state index in [1.165, 1.54) is 0 Å². The van der Waals surface area contributed by atoms with Crippen LogP contribution in [0.2, 0.25) is 0 Å². The molecule has 1 aliphatic rings. The first-order valence-corrected chi connectivity index (χ1v) is 5.65. The summed E-state index contributed by atoms with van der Waals surface area (Å²) in [5.41, 5.74) is 5.30. The lowest BCUT2D eigenvalue weighted by molar-refractivity contribution is -0.128. The molecule has 1 amide bonds. The van der Waals surface area contributed by atoms with E-state index < -0.39 is 0 Å². The number of nitrogens with two attached hydrogens (primary N) is 1. The van der Waals surface area contributed by atoms with Crippen LogP contribution in [-0.2, 0) is 4.79 Å². The summed E-state index contributed by atoms with van der Waals surface area (Å²) in [5, 5.41) is 3.01. The molecule has 15 heavy (non-hydrogen) atoms. The van der Waals surface area contributed by atoms with Crippen molar-refractivity contribution in [3.05, 3.63) is 0 Å². The fourth-order valence-corrected chi connectivity index (χ4v) is 1.87. The van der Waals surface area contributed by atoms with E-state index in [9.17, 15) is 4.79 Å². The van der Waals surface area contributed by atoms with Gasteiger partial charge in [-0.3, -0.25) is 4.79 Å². The summed E-state index contributed by atoms with van der Waals surface area (Å²) >= 11 is 0. The van der Waals surface area contributed by atoms with E-state index in [4.69, 9.17) is 5.73 Å². The highest BCUT2D eigenvalue weighted by Crippen LogP contribution is 2.16. The van der Waals surface area contributed by atoms with Crippen molar-refractivity contribution in [3.63, 3.8) is 0 Å². The second kappa shape index (κ2) is 4.94. The maximum Gasteiger partial charge on any atom is 0.224 e. The third-order valence-electron chi connectivity index (χ3n) is 2.97. The fraction of sp³-hybridized carbons (Fsp3) is 0.909. The first-order valence-electron chi connectivity index (χ1n) is 5.65. The fourth-order valence-electron chi connectivity index (χ4n) is 1.87. The van der Waals surface area contributed by atoms with Gasteiger partial charge in [-0.2, -0.15) is 0 Å². The number of rotatable bonds is 3. The maximum atomic E-state index is 11.9. The number of hydrogen-bond acceptors (Lipinski definition) is 3. The molecule has 4 nitrogen and oxygen atoms in total. The highest BCUT2D eigenvalue weighted by Gasteiger charge is 2.27. The lowest BCUT2D eigenvalue weighted by atomic mass is 9.95. The van der Waals surface area contributed by atoms with E-state index in [2.05, 4.69) is 17.3 Å². The molecule has 1 unspecified atom stereocenters. The molecule has 88 valence electrons. The number of nitrogens with zero attached hydrogens (tertiary/aromatic N) is 1. The Hall–Kier alpha value is -0.610. The summed E-state index contributed by atoms with van der Waals surface area (Å²) in [5.74, 6) is 0.284. The Bertz CT molecular complexity index is 228. The lowest BCUT2D eigenvalue weighted by Crippen LogP contribution is -2.52. The molecule has 0 aromatic heterocycles. The van der Waals surface area contributed by atoms with Crippen molar-refractivity contribution >= 4 is 5.91 Å². The number of hydrogen-bond donors (Lipinski definition) is 2. The third-order valence-corrected chi connectivity index (χ3v) is 2.97. The van der Waals surface area contributed by atoms with E-state index in [1.54, 1.807) is 0 Å². The van der Waals surface area contributed by atoms with Crippen LogP contribution in [0.4, 0.5) is 0 Å². The van der Waals surface area contributed by atoms with Crippen molar-refractivity contribution in [2.45, 2.75) is 32.2 Å². The van der Waals surface area contributed by atoms with E-state index in [1.807, 2.05) is 13.8 Å². The molecule has 1 aliphatic heterocycles. The molecule has 1 fully saturated rings. The van der Waals surface area contributed by atoms with Gasteiger partial charge < -0.3 is 16.0 Å². The van der Waals surface area contributed by atoms with Gasteiger partial charge in [0.15, 0.2) is 0 Å². The van der Waals surface area contributed by atoms with Crippen molar-refractivity contribution in [2.75, 3.05) is 26.7 Å². The van der Waals surface area contributed by atoms with Gasteiger partial charge in [-0.25, -0.2) is 0 Å². The lowest BCUT2D eigenvalue weighted by Gasteiger charge is -2.32. The quantitative estimate of drug-likeness (QED) is 0.703. The standard InChI is InChI=1S/C11H23N3O/c1-11(2,8-12)13-10(15)9-5-4-6-14(3)7-9/h9H,4-8,12H2,1-3H3,(H,13,15). The van der Waals surface area contributed by atoms with Crippen LogP contribution in [0, 0.1) is 5.92 Å². The zero-order valence-corrected chi connectivity index (χ0v) is 10.0. The van der Waals surface area contributed by atoms with Crippen LogP contribution in [0.5, 0.6) is 0 Å². The van der Waals surface area contributed by atoms with Crippen LogP contribution in [0.3, 0.4) is 0 Å². The zero-order valence-electron chi connectivity index (χ0n) is 10.0. The number of piperidine rings is 1. The van der Waals surface area contributed by atoms with Gasteiger partial charge in [-0.15, -0.1) is 0 Å². The van der Waals surface area contributed by atoms with Crippen LogP contribution in [0.15, 0.2) is 0 Å². The highest BCUT2D eigenvalue weighted by molar-refractivity contribution is 5.79. The van der Waals surface area contributed by atoms with Gasteiger partial charge in [0.05, 0.1) is 5.92 Å². The average Bonchev–Trinajstić information content (AvgIpc) is 2.17. The van der Waals surface area contributed by atoms with Crippen LogP contribution in [-0.4, -0.2) is 43.0 Å². The van der Waals surface area contributed by atoms with E-state index in [0.29, 0.717) is 6.54 Å². The summed E-state index contributed by atoms with van der Waals surface area (Å²) in [4.78, 5) is 14.1. The smallest absolute Gasteiger partial charge is 0.224 e. The summed E-state index contributed by atoms with van der Waals surface area (Å²) < 4.78 is 0. The molecule has 0 spiro atoms. The molecule has 0 aromatic rings. The molecule has 1 rings (SSSR count). The van der Waals surface area contributed by atoms with Gasteiger partial charge in [0.2, 0.25) is 5.91 Å². The Morgan fingerprint density at radius 3 is 2.80 bits per heavy atom. The summed E-state index contributed by atoms with van der Waals surface area (Å²) in [6.07, 6.45) is 2.11. The topological polar surface area (TPSA) is 58.4 Å². The monoisotopic (exact) mass is 213 g/mol. The molecule has 1 heterocycles. The van der Waals surface area contributed by atoms with Crippen molar-refractivity contribution in [1.82, 2.24) is 10.2 Å². The molecule has 0 aliphatic carbocycles. The first-order chi connectivity index (χ1) is 6.94. The van der Waals surface area contributed by atoms with Crippen LogP contribution in [0.25, 0.3) is 0 Å². The van der Waals surface area contributed by atoms with Crippen molar-refractivity contribution in [3.8, 4) is 0 Å². The number of likely N-dealkylation sites (tertiary alicyclic amines) is 1. The third kappa shape index (κ3) is 3.80. The van der Waals surface area contributed by atoms with Crippen LogP contribution >= 0.6 is 0 Å². The van der Waals surface area contributed by atoms with Gasteiger partial charge in [-0.05, 0) is 40.3 Å². The minimum absolute atomic E-state index is 0.134.